The van der Waals surface area contributed by atoms with Crippen LogP contribution in [-0.2, 0) is 4.74 Å². The first-order valence-corrected chi connectivity index (χ1v) is 6.51. The fourth-order valence-corrected chi connectivity index (χ4v) is 1.59. The molecule has 0 heterocycles. The van der Waals surface area contributed by atoms with Crippen molar-refractivity contribution in [3.05, 3.63) is 24.3 Å². The van der Waals surface area contributed by atoms with Gasteiger partial charge in [-0.05, 0) is 30.7 Å². The lowest BCUT2D eigenvalue weighted by Gasteiger charge is -2.07. The summed E-state index contributed by atoms with van der Waals surface area (Å²) >= 11 is 0. The Balaban J connectivity index is 2.12. The second-order valence-corrected chi connectivity index (χ2v) is 4.30. The summed E-state index contributed by atoms with van der Waals surface area (Å²) < 4.78 is 5.08. The Hall–Kier alpha value is -1.71. The van der Waals surface area contributed by atoms with Crippen LogP contribution in [0.15, 0.2) is 24.3 Å². The Labute approximate surface area is 109 Å². The molecule has 3 N–H and O–H groups in total. The van der Waals surface area contributed by atoms with E-state index in [4.69, 9.17) is 10.5 Å². The standard InChI is InChI=1S/C14H22N2O2/c1-2-3-4-5-6-11-18-14(17)16-13-9-7-12(15)8-10-13/h7-10H,2-6,11,15H2,1H3,(H,16,17). The summed E-state index contributed by atoms with van der Waals surface area (Å²) in [5, 5.41) is 2.65. The van der Waals surface area contributed by atoms with Gasteiger partial charge >= 0.3 is 6.09 Å². The van der Waals surface area contributed by atoms with E-state index in [1.807, 2.05) is 0 Å². The maximum atomic E-state index is 11.4. The minimum absolute atomic E-state index is 0.407. The van der Waals surface area contributed by atoms with Gasteiger partial charge in [-0.3, -0.25) is 5.32 Å². The average Bonchev–Trinajstić information content (AvgIpc) is 2.36. The minimum atomic E-state index is -0.407. The number of anilines is 2. The van der Waals surface area contributed by atoms with Gasteiger partial charge in [0.25, 0.3) is 0 Å². The van der Waals surface area contributed by atoms with Crippen molar-refractivity contribution >= 4 is 17.5 Å². The second kappa shape index (κ2) is 8.39. The largest absolute Gasteiger partial charge is 0.449 e. The number of benzene rings is 1. The predicted molar refractivity (Wildman–Crippen MR) is 74.6 cm³/mol. The van der Waals surface area contributed by atoms with Crippen LogP contribution in [0, 0.1) is 0 Å². The molecular weight excluding hydrogens is 228 g/mol. The molecule has 4 heteroatoms. The summed E-state index contributed by atoms with van der Waals surface area (Å²) in [7, 11) is 0. The molecule has 0 bridgehead atoms. The van der Waals surface area contributed by atoms with E-state index in [1.54, 1.807) is 24.3 Å². The van der Waals surface area contributed by atoms with E-state index >= 15 is 0 Å². The number of carbonyl (C=O) groups excluding carboxylic acids is 1. The van der Waals surface area contributed by atoms with Crippen molar-refractivity contribution in [2.75, 3.05) is 17.7 Å². The van der Waals surface area contributed by atoms with Crippen LogP contribution in [0.1, 0.15) is 39.0 Å². The molecule has 18 heavy (non-hydrogen) atoms. The van der Waals surface area contributed by atoms with Gasteiger partial charge in [-0.1, -0.05) is 32.6 Å². The van der Waals surface area contributed by atoms with Gasteiger partial charge in [-0.25, -0.2) is 4.79 Å². The second-order valence-electron chi connectivity index (χ2n) is 4.30. The van der Waals surface area contributed by atoms with Gasteiger partial charge in [0.1, 0.15) is 0 Å². The lowest BCUT2D eigenvalue weighted by molar-refractivity contribution is 0.159. The molecule has 0 aliphatic carbocycles. The summed E-state index contributed by atoms with van der Waals surface area (Å²) in [6.45, 7) is 2.65. The van der Waals surface area contributed by atoms with Crippen molar-refractivity contribution in [3.63, 3.8) is 0 Å². The van der Waals surface area contributed by atoms with Crippen LogP contribution >= 0.6 is 0 Å². The fourth-order valence-electron chi connectivity index (χ4n) is 1.59. The first-order chi connectivity index (χ1) is 8.72. The van der Waals surface area contributed by atoms with Crippen molar-refractivity contribution in [2.24, 2.45) is 0 Å². The summed E-state index contributed by atoms with van der Waals surface area (Å²) in [6, 6.07) is 6.97. The van der Waals surface area contributed by atoms with Crippen molar-refractivity contribution in [1.82, 2.24) is 0 Å². The van der Waals surface area contributed by atoms with Crippen LogP contribution in [0.5, 0.6) is 0 Å². The average molecular weight is 250 g/mol. The number of rotatable bonds is 7. The molecule has 100 valence electrons. The number of amides is 1. The Morgan fingerprint density at radius 3 is 2.50 bits per heavy atom. The Kier molecular flexibility index (Phi) is 6.69. The van der Waals surface area contributed by atoms with Crippen LogP contribution in [-0.4, -0.2) is 12.7 Å². The molecule has 0 aliphatic heterocycles. The van der Waals surface area contributed by atoms with E-state index in [0.717, 1.165) is 12.8 Å². The monoisotopic (exact) mass is 250 g/mol. The van der Waals surface area contributed by atoms with E-state index in [0.29, 0.717) is 18.0 Å². The maximum absolute atomic E-state index is 11.4. The minimum Gasteiger partial charge on any atom is -0.449 e. The van der Waals surface area contributed by atoms with Gasteiger partial charge in [0.2, 0.25) is 0 Å². The van der Waals surface area contributed by atoms with Crippen molar-refractivity contribution in [2.45, 2.75) is 39.0 Å². The topological polar surface area (TPSA) is 64.3 Å². The first-order valence-electron chi connectivity index (χ1n) is 6.51. The number of nitrogens with one attached hydrogen (secondary N) is 1. The number of nitrogen functional groups attached to an aromatic ring is 1. The normalized spacial score (nSPS) is 10.1. The summed E-state index contributed by atoms with van der Waals surface area (Å²) in [5.41, 5.74) is 6.92. The van der Waals surface area contributed by atoms with E-state index in [2.05, 4.69) is 12.2 Å². The molecule has 4 nitrogen and oxygen atoms in total. The number of hydrogen-bond acceptors (Lipinski definition) is 3. The van der Waals surface area contributed by atoms with Crippen molar-refractivity contribution in [3.8, 4) is 0 Å². The number of carbonyl (C=O) groups is 1. The maximum Gasteiger partial charge on any atom is 0.411 e. The SMILES string of the molecule is CCCCCCCOC(=O)Nc1ccc(N)cc1. The highest BCUT2D eigenvalue weighted by molar-refractivity contribution is 5.84. The van der Waals surface area contributed by atoms with E-state index < -0.39 is 6.09 Å². The lowest BCUT2D eigenvalue weighted by atomic mass is 10.2. The van der Waals surface area contributed by atoms with E-state index in [1.165, 1.54) is 19.3 Å². The number of hydrogen-bond donors (Lipinski definition) is 2. The van der Waals surface area contributed by atoms with Crippen molar-refractivity contribution < 1.29 is 9.53 Å². The quantitative estimate of drug-likeness (QED) is 0.571. The van der Waals surface area contributed by atoms with Gasteiger partial charge in [0.05, 0.1) is 6.61 Å². The first kappa shape index (κ1) is 14.4. The molecule has 0 saturated heterocycles. The highest BCUT2D eigenvalue weighted by Gasteiger charge is 2.02. The third-order valence-corrected chi connectivity index (χ3v) is 2.64. The number of nitrogens with two attached hydrogens (primary N) is 1. The van der Waals surface area contributed by atoms with Gasteiger partial charge in [0.15, 0.2) is 0 Å². The van der Waals surface area contributed by atoms with Gasteiger partial charge in [0, 0.05) is 11.4 Å². The van der Waals surface area contributed by atoms with E-state index in [-0.39, 0.29) is 0 Å². The summed E-state index contributed by atoms with van der Waals surface area (Å²) in [6.07, 6.45) is 5.31. The smallest absolute Gasteiger partial charge is 0.411 e. The van der Waals surface area contributed by atoms with Gasteiger partial charge < -0.3 is 10.5 Å². The highest BCUT2D eigenvalue weighted by Crippen LogP contribution is 2.10. The molecule has 0 aliphatic rings. The zero-order valence-electron chi connectivity index (χ0n) is 10.9. The van der Waals surface area contributed by atoms with Crippen LogP contribution in [0.2, 0.25) is 0 Å². The third-order valence-electron chi connectivity index (χ3n) is 2.64. The van der Waals surface area contributed by atoms with Crippen molar-refractivity contribution in [1.29, 1.82) is 0 Å². The molecule has 1 rings (SSSR count). The summed E-state index contributed by atoms with van der Waals surface area (Å²) in [5.74, 6) is 0. The Morgan fingerprint density at radius 1 is 1.17 bits per heavy atom. The zero-order valence-corrected chi connectivity index (χ0v) is 10.9. The van der Waals surface area contributed by atoms with Gasteiger partial charge in [-0.15, -0.1) is 0 Å². The molecule has 0 radical (unpaired) electrons. The number of ether oxygens (including phenoxy) is 1. The van der Waals surface area contributed by atoms with Crippen LogP contribution in [0.3, 0.4) is 0 Å². The van der Waals surface area contributed by atoms with E-state index in [9.17, 15) is 4.79 Å². The molecule has 1 amide bonds. The molecule has 0 atom stereocenters. The predicted octanol–water partition coefficient (Wildman–Crippen LogP) is 3.79. The molecule has 0 aromatic heterocycles. The van der Waals surface area contributed by atoms with Crippen LogP contribution < -0.4 is 11.1 Å². The lowest BCUT2D eigenvalue weighted by Crippen LogP contribution is -2.14. The third kappa shape index (κ3) is 6.13. The van der Waals surface area contributed by atoms with Crippen LogP contribution in [0.25, 0.3) is 0 Å². The number of unbranched alkanes of at least 4 members (excludes halogenated alkanes) is 4. The Bertz CT molecular complexity index is 349. The zero-order chi connectivity index (χ0) is 13.2. The molecule has 0 fully saturated rings. The fraction of sp³-hybridized carbons (Fsp3) is 0.500. The molecule has 0 spiro atoms. The molecular formula is C14H22N2O2. The Morgan fingerprint density at radius 2 is 1.83 bits per heavy atom. The molecule has 1 aromatic carbocycles. The van der Waals surface area contributed by atoms with Crippen LogP contribution in [0.4, 0.5) is 16.2 Å². The summed E-state index contributed by atoms with van der Waals surface area (Å²) in [4.78, 5) is 11.4. The highest BCUT2D eigenvalue weighted by atomic mass is 16.5. The molecule has 0 saturated carbocycles. The molecule has 1 aromatic rings. The molecule has 0 unspecified atom stereocenters. The van der Waals surface area contributed by atoms with Gasteiger partial charge in [-0.2, -0.15) is 0 Å².